The second-order valence-corrected chi connectivity index (χ2v) is 10.2. The Labute approximate surface area is 208 Å². The van der Waals surface area contributed by atoms with Crippen molar-refractivity contribution in [3.05, 3.63) is 53.9 Å². The number of carbonyl (C=O) groups excluding carboxylic acids is 2. The molecule has 0 saturated heterocycles. The van der Waals surface area contributed by atoms with Gasteiger partial charge < -0.3 is 20.1 Å². The molecule has 2 aliphatic rings. The summed E-state index contributed by atoms with van der Waals surface area (Å²) in [6.45, 7) is 3.54. The second-order valence-electron chi connectivity index (χ2n) is 10.2. The minimum Gasteiger partial charge on any atom is -0.456 e. The van der Waals surface area contributed by atoms with Gasteiger partial charge in [0.15, 0.2) is 17.4 Å². The first-order valence-electron chi connectivity index (χ1n) is 12.3. The first-order chi connectivity index (χ1) is 17.1. The molecule has 0 spiro atoms. The van der Waals surface area contributed by atoms with Crippen molar-refractivity contribution >= 4 is 17.6 Å². The molecule has 194 valence electrons. The molecule has 4 rings (SSSR count). The third-order valence-corrected chi connectivity index (χ3v) is 6.45. The summed E-state index contributed by atoms with van der Waals surface area (Å²) in [7, 11) is 0. The first-order valence-corrected chi connectivity index (χ1v) is 12.3. The molecule has 1 fully saturated rings. The molecule has 2 aromatic rings. The van der Waals surface area contributed by atoms with E-state index in [-0.39, 0.29) is 30.5 Å². The monoisotopic (exact) mass is 502 g/mol. The third-order valence-electron chi connectivity index (χ3n) is 6.45. The molecule has 10 heteroatoms. The maximum Gasteiger partial charge on any atom is 0.251 e. The predicted octanol–water partition coefficient (Wildman–Crippen LogP) is 4.01. The summed E-state index contributed by atoms with van der Waals surface area (Å²) in [6, 6.07) is 4.43. The number of halogens is 2. The highest BCUT2D eigenvalue weighted by Gasteiger charge is 2.36. The minimum atomic E-state index is -1.14. The maximum atomic E-state index is 14.1. The quantitative estimate of drug-likeness (QED) is 0.540. The van der Waals surface area contributed by atoms with E-state index in [4.69, 9.17) is 4.74 Å². The molecule has 1 aliphatic carbocycles. The molecule has 0 radical (unpaired) electrons. The highest BCUT2D eigenvalue weighted by atomic mass is 19.2. The molecule has 1 aliphatic heterocycles. The van der Waals surface area contributed by atoms with E-state index in [1.54, 1.807) is 26.1 Å². The Morgan fingerprint density at radius 3 is 2.72 bits per heavy atom. The number of aromatic nitrogens is 2. The van der Waals surface area contributed by atoms with Crippen LogP contribution in [-0.2, 0) is 16.1 Å². The van der Waals surface area contributed by atoms with Gasteiger partial charge in [-0.25, -0.2) is 4.39 Å². The summed E-state index contributed by atoms with van der Waals surface area (Å²) in [5.74, 6) is -2.56. The Morgan fingerprint density at radius 2 is 2.00 bits per heavy atom. The molecule has 0 bridgehead atoms. The number of rotatable bonds is 9. The lowest BCUT2D eigenvalue weighted by Crippen LogP contribution is -2.46. The molecule has 2 amide bonds. The van der Waals surface area contributed by atoms with Gasteiger partial charge in [0.1, 0.15) is 11.8 Å². The van der Waals surface area contributed by atoms with Gasteiger partial charge in [0, 0.05) is 18.3 Å². The van der Waals surface area contributed by atoms with Crippen molar-refractivity contribution in [2.24, 2.45) is 5.92 Å². The highest BCUT2D eigenvalue weighted by Crippen LogP contribution is 2.31. The average Bonchev–Trinajstić information content (AvgIpc) is 3.40. The molecular formula is C26H32F2N4O4. The van der Waals surface area contributed by atoms with Gasteiger partial charge >= 0.3 is 0 Å². The molecule has 1 aromatic heterocycles. The summed E-state index contributed by atoms with van der Waals surface area (Å²) < 4.78 is 34.7. The van der Waals surface area contributed by atoms with Crippen LogP contribution in [0.5, 0.6) is 5.75 Å². The number of benzene rings is 1. The lowest BCUT2D eigenvalue weighted by Gasteiger charge is -2.31. The van der Waals surface area contributed by atoms with Crippen LogP contribution < -0.4 is 10.1 Å². The molecule has 2 N–H and O–H groups in total. The Morgan fingerprint density at radius 1 is 1.25 bits per heavy atom. The minimum absolute atomic E-state index is 0.0350. The van der Waals surface area contributed by atoms with Crippen molar-refractivity contribution < 1.29 is 28.2 Å². The summed E-state index contributed by atoms with van der Waals surface area (Å²) in [5.41, 5.74) is -0.970. The van der Waals surface area contributed by atoms with E-state index in [1.165, 1.54) is 27.8 Å². The van der Waals surface area contributed by atoms with Gasteiger partial charge in [-0.1, -0.05) is 38.2 Å². The van der Waals surface area contributed by atoms with Crippen LogP contribution in [0.2, 0.25) is 0 Å². The van der Waals surface area contributed by atoms with Gasteiger partial charge in [0.2, 0.25) is 11.7 Å². The second kappa shape index (κ2) is 10.8. The van der Waals surface area contributed by atoms with E-state index < -0.39 is 29.2 Å². The zero-order valence-corrected chi connectivity index (χ0v) is 20.5. The van der Waals surface area contributed by atoms with Crippen molar-refractivity contribution in [2.75, 3.05) is 11.9 Å². The SMILES string of the molecule is CC(C)(O)Cn1ccc(NC(=O)C(CC2CCCCC2)N2CC(Oc3cccc(F)c3F)=CC2=O)n1. The molecule has 1 saturated carbocycles. The Kier molecular flexibility index (Phi) is 7.73. The zero-order valence-electron chi connectivity index (χ0n) is 20.5. The lowest BCUT2D eigenvalue weighted by molar-refractivity contribution is -0.134. The van der Waals surface area contributed by atoms with E-state index in [1.807, 2.05) is 0 Å². The molecule has 1 atom stereocenters. The van der Waals surface area contributed by atoms with Gasteiger partial charge in [0.25, 0.3) is 5.91 Å². The van der Waals surface area contributed by atoms with Gasteiger partial charge in [-0.15, -0.1) is 0 Å². The van der Waals surface area contributed by atoms with Crippen molar-refractivity contribution in [2.45, 2.75) is 70.6 Å². The van der Waals surface area contributed by atoms with Crippen LogP contribution >= 0.6 is 0 Å². The fourth-order valence-corrected chi connectivity index (χ4v) is 4.78. The number of ether oxygens (including phenoxy) is 1. The molecule has 8 nitrogen and oxygen atoms in total. The maximum absolute atomic E-state index is 14.1. The lowest BCUT2D eigenvalue weighted by atomic mass is 9.84. The third kappa shape index (κ3) is 6.48. The van der Waals surface area contributed by atoms with Crippen molar-refractivity contribution in [1.82, 2.24) is 14.7 Å². The van der Waals surface area contributed by atoms with Crippen molar-refractivity contribution in [1.29, 1.82) is 0 Å². The molecular weight excluding hydrogens is 470 g/mol. The fourth-order valence-electron chi connectivity index (χ4n) is 4.78. The van der Waals surface area contributed by atoms with Crippen LogP contribution in [0.3, 0.4) is 0 Å². The van der Waals surface area contributed by atoms with Gasteiger partial charge in [-0.05, 0) is 38.3 Å². The first kappa shape index (κ1) is 25.8. The smallest absolute Gasteiger partial charge is 0.251 e. The van der Waals surface area contributed by atoms with E-state index >= 15 is 0 Å². The van der Waals surface area contributed by atoms with Gasteiger partial charge in [-0.3, -0.25) is 14.3 Å². The molecule has 2 heterocycles. The Balaban J connectivity index is 1.48. The van der Waals surface area contributed by atoms with E-state index in [9.17, 15) is 23.5 Å². The van der Waals surface area contributed by atoms with Crippen LogP contribution in [0.4, 0.5) is 14.6 Å². The molecule has 1 aromatic carbocycles. The van der Waals surface area contributed by atoms with Crippen LogP contribution in [0.15, 0.2) is 42.3 Å². The van der Waals surface area contributed by atoms with E-state index in [0.29, 0.717) is 18.2 Å². The zero-order chi connectivity index (χ0) is 25.9. The van der Waals surface area contributed by atoms with Crippen LogP contribution in [0.1, 0.15) is 52.4 Å². The van der Waals surface area contributed by atoms with Crippen LogP contribution in [0.25, 0.3) is 0 Å². The number of hydrogen-bond donors (Lipinski definition) is 2. The largest absolute Gasteiger partial charge is 0.456 e. The Hall–Kier alpha value is -3.27. The van der Waals surface area contributed by atoms with Crippen LogP contribution in [0, 0.1) is 17.6 Å². The van der Waals surface area contributed by atoms with Crippen molar-refractivity contribution in [3.63, 3.8) is 0 Å². The number of anilines is 1. The Bertz CT molecular complexity index is 1140. The van der Waals surface area contributed by atoms with Crippen LogP contribution in [-0.4, -0.2) is 49.8 Å². The van der Waals surface area contributed by atoms with E-state index in [0.717, 1.165) is 38.2 Å². The number of nitrogens with zero attached hydrogens (tertiary/aromatic N) is 3. The number of nitrogens with one attached hydrogen (secondary N) is 1. The van der Waals surface area contributed by atoms with Gasteiger partial charge in [-0.2, -0.15) is 9.49 Å². The van der Waals surface area contributed by atoms with E-state index in [2.05, 4.69) is 10.4 Å². The van der Waals surface area contributed by atoms with Crippen molar-refractivity contribution in [3.8, 4) is 5.75 Å². The fraction of sp³-hybridized carbons (Fsp3) is 0.500. The average molecular weight is 503 g/mol. The molecule has 1 unspecified atom stereocenters. The number of amides is 2. The summed E-state index contributed by atoms with van der Waals surface area (Å²) in [6.07, 6.45) is 8.65. The van der Waals surface area contributed by atoms with Gasteiger partial charge in [0.05, 0.1) is 18.7 Å². The normalized spacial score (nSPS) is 17.8. The number of aliphatic hydroxyl groups is 1. The summed E-state index contributed by atoms with van der Waals surface area (Å²) in [4.78, 5) is 27.7. The highest BCUT2D eigenvalue weighted by molar-refractivity contribution is 5.99. The standard InChI is InChI=1S/C26H32F2N4O4/c1-26(2,35)16-31-12-11-22(30-31)29-25(34)20(13-17-7-4-3-5-8-17)32-15-18(14-23(32)33)36-21-10-6-9-19(27)24(21)28/h6,9-12,14,17,20,35H,3-5,7-8,13,15-16H2,1-2H3,(H,29,30,34). The molecule has 36 heavy (non-hydrogen) atoms. The summed E-state index contributed by atoms with van der Waals surface area (Å²) in [5, 5.41) is 17.1. The number of carbonyl (C=O) groups is 2. The topological polar surface area (TPSA) is 96.7 Å². The number of hydrogen-bond acceptors (Lipinski definition) is 5. The summed E-state index contributed by atoms with van der Waals surface area (Å²) >= 11 is 0. The predicted molar refractivity (Wildman–Crippen MR) is 129 cm³/mol.